The van der Waals surface area contributed by atoms with Gasteiger partial charge >= 0.3 is 18.5 Å². The molecule has 23 heavy (non-hydrogen) atoms. The Kier molecular flexibility index (Phi) is 5.81. The minimum Gasteiger partial charge on any atom is -0.466 e. The molecule has 0 unspecified atom stereocenters. The van der Waals surface area contributed by atoms with E-state index in [4.69, 9.17) is 5.73 Å². The van der Waals surface area contributed by atoms with Crippen LogP contribution in [0.3, 0.4) is 0 Å². The topological polar surface area (TPSA) is 74.4 Å². The zero-order valence-corrected chi connectivity index (χ0v) is 11.7. The second-order valence-electron chi connectivity index (χ2n) is 4.16. The Morgan fingerprint density at radius 1 is 1.22 bits per heavy atom. The molecule has 0 saturated heterocycles. The molecule has 130 valence electrons. The number of carbonyl (C=O) groups is 1. The van der Waals surface area contributed by atoms with Gasteiger partial charge in [0, 0.05) is 17.7 Å². The van der Waals surface area contributed by atoms with Gasteiger partial charge in [-0.3, -0.25) is 4.79 Å². The third kappa shape index (κ3) is 5.27. The van der Waals surface area contributed by atoms with Crippen molar-refractivity contribution in [2.24, 2.45) is 5.73 Å². The molecule has 0 spiro atoms. The van der Waals surface area contributed by atoms with E-state index in [1.165, 1.54) is 6.92 Å². The smallest absolute Gasteiger partial charge is 0.466 e. The molecule has 1 rings (SSSR count). The van der Waals surface area contributed by atoms with Crippen molar-refractivity contribution in [3.8, 4) is 5.75 Å². The van der Waals surface area contributed by atoms with Crippen LogP contribution in [0.15, 0.2) is 6.20 Å². The monoisotopic (exact) mass is 346 g/mol. The van der Waals surface area contributed by atoms with Crippen molar-refractivity contribution in [2.75, 3.05) is 6.61 Å². The second-order valence-corrected chi connectivity index (χ2v) is 4.16. The maximum absolute atomic E-state index is 13.0. The lowest BCUT2D eigenvalue weighted by Gasteiger charge is -2.19. The highest BCUT2D eigenvalue weighted by atomic mass is 19.4. The number of hydrogen-bond donors (Lipinski definition) is 1. The summed E-state index contributed by atoms with van der Waals surface area (Å²) in [5.74, 6) is -2.05. The van der Waals surface area contributed by atoms with Gasteiger partial charge in [0.2, 0.25) is 0 Å². The molecule has 0 bridgehead atoms. The van der Waals surface area contributed by atoms with Gasteiger partial charge in [-0.05, 0) is 6.92 Å². The summed E-state index contributed by atoms with van der Waals surface area (Å²) < 4.78 is 83.9. The molecule has 0 aliphatic heterocycles. The van der Waals surface area contributed by atoms with Crippen LogP contribution < -0.4 is 10.5 Å². The van der Waals surface area contributed by atoms with Crippen LogP contribution in [0, 0.1) is 0 Å². The van der Waals surface area contributed by atoms with Gasteiger partial charge in [-0.25, -0.2) is 4.98 Å². The summed E-state index contributed by atoms with van der Waals surface area (Å²) in [6.07, 6.45) is -10.8. The van der Waals surface area contributed by atoms with Crippen LogP contribution in [0.5, 0.6) is 5.75 Å². The Morgan fingerprint density at radius 3 is 2.26 bits per heavy atom. The Hall–Kier alpha value is -2.04. The molecule has 1 aromatic rings. The molecule has 0 aliphatic carbocycles. The van der Waals surface area contributed by atoms with E-state index >= 15 is 0 Å². The summed E-state index contributed by atoms with van der Waals surface area (Å²) in [5, 5.41) is 0. The van der Waals surface area contributed by atoms with E-state index in [1.54, 1.807) is 0 Å². The maximum Gasteiger partial charge on any atom is 0.573 e. The second kappa shape index (κ2) is 7.02. The molecule has 5 nitrogen and oxygen atoms in total. The third-order valence-corrected chi connectivity index (χ3v) is 2.58. The molecule has 2 N–H and O–H groups in total. The fraction of sp³-hybridized carbons (Fsp3) is 0.500. The van der Waals surface area contributed by atoms with Crippen molar-refractivity contribution >= 4 is 5.97 Å². The van der Waals surface area contributed by atoms with Gasteiger partial charge in [-0.1, -0.05) is 0 Å². The number of nitrogens with zero attached hydrogens (tertiary/aromatic N) is 1. The van der Waals surface area contributed by atoms with Gasteiger partial charge in [-0.2, -0.15) is 13.2 Å². The molecule has 0 amide bonds. The number of hydrogen-bond acceptors (Lipinski definition) is 5. The van der Waals surface area contributed by atoms with Crippen LogP contribution >= 0.6 is 0 Å². The molecule has 0 saturated carbocycles. The maximum atomic E-state index is 13.0. The van der Waals surface area contributed by atoms with Gasteiger partial charge in [0.15, 0.2) is 5.75 Å². The minimum atomic E-state index is -5.15. The Morgan fingerprint density at radius 2 is 1.83 bits per heavy atom. The van der Waals surface area contributed by atoms with Crippen LogP contribution in [-0.4, -0.2) is 23.9 Å². The number of ether oxygens (including phenoxy) is 2. The van der Waals surface area contributed by atoms with Crippen molar-refractivity contribution in [3.05, 3.63) is 23.0 Å². The van der Waals surface area contributed by atoms with Crippen LogP contribution in [-0.2, 0) is 28.7 Å². The van der Waals surface area contributed by atoms with Crippen molar-refractivity contribution < 1.29 is 40.6 Å². The first-order valence-electron chi connectivity index (χ1n) is 6.19. The predicted molar refractivity (Wildman–Crippen MR) is 64.2 cm³/mol. The molecule has 0 fully saturated rings. The molecular formula is C12H12F6N2O3. The lowest BCUT2D eigenvalue weighted by atomic mass is 10.0. The first-order valence-corrected chi connectivity index (χ1v) is 6.19. The molecule has 0 radical (unpaired) electrons. The van der Waals surface area contributed by atoms with Crippen molar-refractivity contribution in [2.45, 2.75) is 32.4 Å². The molecular weight excluding hydrogens is 334 g/mol. The van der Waals surface area contributed by atoms with Crippen molar-refractivity contribution in [1.82, 2.24) is 4.98 Å². The molecule has 0 aliphatic rings. The summed E-state index contributed by atoms with van der Waals surface area (Å²) in [7, 11) is 0. The number of aromatic nitrogens is 1. The number of halogens is 6. The summed E-state index contributed by atoms with van der Waals surface area (Å²) in [5.41, 5.74) is 2.31. The molecule has 1 heterocycles. The van der Waals surface area contributed by atoms with Crippen LogP contribution in [0.25, 0.3) is 0 Å². The highest BCUT2D eigenvalue weighted by Crippen LogP contribution is 2.36. The molecule has 1 aromatic heterocycles. The Balaban J connectivity index is 3.43. The highest BCUT2D eigenvalue weighted by molar-refractivity contribution is 5.74. The van der Waals surface area contributed by atoms with E-state index in [2.05, 4.69) is 14.5 Å². The number of rotatable bonds is 5. The number of pyridine rings is 1. The number of alkyl halides is 6. The summed E-state index contributed by atoms with van der Waals surface area (Å²) in [6.45, 7) is 0.601. The standard InChI is InChI=1S/C12H12F6N2O3/c1-2-22-9(21)3-6-7(4-19)8(23-12(16,17)18)5-20-10(6)11(13,14)15/h5H,2-4,19H2,1H3. The summed E-state index contributed by atoms with van der Waals surface area (Å²) >= 11 is 0. The lowest BCUT2D eigenvalue weighted by Crippen LogP contribution is -2.23. The normalized spacial score (nSPS) is 12.2. The summed E-state index contributed by atoms with van der Waals surface area (Å²) in [6, 6.07) is 0. The first kappa shape index (κ1) is 19.0. The van der Waals surface area contributed by atoms with Crippen molar-refractivity contribution in [3.63, 3.8) is 0 Å². The highest BCUT2D eigenvalue weighted by Gasteiger charge is 2.39. The number of esters is 1. The average molecular weight is 346 g/mol. The Bertz CT molecular complexity index is 571. The minimum absolute atomic E-state index is 0.107. The van der Waals surface area contributed by atoms with Crippen LogP contribution in [0.4, 0.5) is 26.3 Å². The number of nitrogens with two attached hydrogens (primary N) is 1. The quantitative estimate of drug-likeness (QED) is 0.655. The van der Waals surface area contributed by atoms with E-state index in [1.807, 2.05) is 0 Å². The molecule has 0 aromatic carbocycles. The SMILES string of the molecule is CCOC(=O)Cc1c(C(F)(F)F)ncc(OC(F)(F)F)c1CN. The van der Waals surface area contributed by atoms with Gasteiger partial charge in [0.1, 0.15) is 5.69 Å². The summed E-state index contributed by atoms with van der Waals surface area (Å²) in [4.78, 5) is 14.4. The fourth-order valence-electron chi connectivity index (χ4n) is 1.80. The van der Waals surface area contributed by atoms with Gasteiger partial charge < -0.3 is 15.2 Å². The van der Waals surface area contributed by atoms with Gasteiger partial charge in [-0.15, -0.1) is 13.2 Å². The predicted octanol–water partition coefficient (Wildman–Crippen LogP) is 2.56. The first-order chi connectivity index (χ1) is 10.5. The van der Waals surface area contributed by atoms with Crippen LogP contribution in [0.2, 0.25) is 0 Å². The van der Waals surface area contributed by atoms with E-state index in [-0.39, 0.29) is 12.8 Å². The molecule has 11 heteroatoms. The zero-order valence-electron chi connectivity index (χ0n) is 11.7. The van der Waals surface area contributed by atoms with E-state index in [0.717, 1.165) is 0 Å². The van der Waals surface area contributed by atoms with Gasteiger partial charge in [0.05, 0.1) is 19.2 Å². The van der Waals surface area contributed by atoms with Crippen LogP contribution in [0.1, 0.15) is 23.7 Å². The van der Waals surface area contributed by atoms with Crippen molar-refractivity contribution in [1.29, 1.82) is 0 Å². The molecule has 0 atom stereocenters. The van der Waals surface area contributed by atoms with E-state index < -0.39 is 54.0 Å². The third-order valence-electron chi connectivity index (χ3n) is 2.58. The fourth-order valence-corrected chi connectivity index (χ4v) is 1.80. The lowest BCUT2D eigenvalue weighted by molar-refractivity contribution is -0.275. The zero-order chi connectivity index (χ0) is 17.8. The van der Waals surface area contributed by atoms with E-state index in [9.17, 15) is 31.1 Å². The average Bonchev–Trinajstić information content (AvgIpc) is 2.35. The Labute approximate surface area is 126 Å². The van der Waals surface area contributed by atoms with Gasteiger partial charge in [0.25, 0.3) is 0 Å². The largest absolute Gasteiger partial charge is 0.573 e. The van der Waals surface area contributed by atoms with E-state index in [0.29, 0.717) is 0 Å². The number of carbonyl (C=O) groups excluding carboxylic acids is 1.